The van der Waals surface area contributed by atoms with Crippen molar-refractivity contribution in [2.45, 2.75) is 6.92 Å². The maximum absolute atomic E-state index is 2.37. The molecule has 34 heavy (non-hydrogen) atoms. The van der Waals surface area contributed by atoms with Crippen LogP contribution in [-0.4, -0.2) is 0 Å². The first-order chi connectivity index (χ1) is 16.7. The van der Waals surface area contributed by atoms with E-state index in [0.29, 0.717) is 0 Å². The molecule has 0 atom stereocenters. The zero-order valence-corrected chi connectivity index (χ0v) is 19.0. The quantitative estimate of drug-likeness (QED) is 0.251. The van der Waals surface area contributed by atoms with Crippen molar-refractivity contribution in [1.29, 1.82) is 0 Å². The minimum atomic E-state index is 1.15. The van der Waals surface area contributed by atoms with Gasteiger partial charge in [-0.2, -0.15) is 0 Å². The van der Waals surface area contributed by atoms with Crippen LogP contribution in [0.4, 0.5) is 17.1 Å². The topological polar surface area (TPSA) is 3.24 Å². The molecule has 7 aromatic rings. The van der Waals surface area contributed by atoms with Crippen LogP contribution in [0, 0.1) is 6.92 Å². The van der Waals surface area contributed by atoms with Crippen LogP contribution < -0.4 is 4.90 Å². The van der Waals surface area contributed by atoms with Crippen molar-refractivity contribution in [2.24, 2.45) is 0 Å². The summed E-state index contributed by atoms with van der Waals surface area (Å²) in [5, 5.41) is 10.4. The Bertz CT molecular complexity index is 1750. The Kier molecular flexibility index (Phi) is 4.13. The molecule has 0 saturated heterocycles. The predicted octanol–water partition coefficient (Wildman–Crippen LogP) is 9.52. The van der Waals surface area contributed by atoms with Gasteiger partial charge < -0.3 is 4.90 Å². The van der Waals surface area contributed by atoms with Crippen LogP contribution in [-0.2, 0) is 0 Å². The van der Waals surface area contributed by atoms with Crippen LogP contribution >= 0.6 is 0 Å². The van der Waals surface area contributed by atoms with Crippen LogP contribution in [0.3, 0.4) is 0 Å². The van der Waals surface area contributed by atoms with E-state index in [9.17, 15) is 0 Å². The van der Waals surface area contributed by atoms with Crippen molar-refractivity contribution in [1.82, 2.24) is 0 Å². The van der Waals surface area contributed by atoms with Crippen molar-refractivity contribution in [3.05, 3.63) is 127 Å². The molecule has 0 unspecified atom stereocenters. The highest BCUT2D eigenvalue weighted by molar-refractivity contribution is 6.24. The highest BCUT2D eigenvalue weighted by Gasteiger charge is 2.16. The lowest BCUT2D eigenvalue weighted by atomic mass is 9.92. The highest BCUT2D eigenvalue weighted by atomic mass is 15.1. The van der Waals surface area contributed by atoms with Gasteiger partial charge in [-0.15, -0.1) is 0 Å². The number of anilines is 3. The van der Waals surface area contributed by atoms with Gasteiger partial charge in [-0.1, -0.05) is 84.9 Å². The number of fused-ring (bicyclic) bond motifs is 1. The molecule has 0 radical (unpaired) electrons. The second kappa shape index (κ2) is 7.33. The molecule has 1 nitrogen and oxygen atoms in total. The van der Waals surface area contributed by atoms with E-state index in [1.165, 1.54) is 54.3 Å². The van der Waals surface area contributed by atoms with Crippen molar-refractivity contribution in [3.8, 4) is 0 Å². The van der Waals surface area contributed by atoms with Crippen molar-refractivity contribution in [3.63, 3.8) is 0 Å². The number of hydrogen-bond acceptors (Lipinski definition) is 1. The minimum Gasteiger partial charge on any atom is -0.310 e. The summed E-state index contributed by atoms with van der Waals surface area (Å²) in [4.78, 5) is 2.37. The van der Waals surface area contributed by atoms with E-state index in [2.05, 4.69) is 133 Å². The Morgan fingerprint density at radius 2 is 0.882 bits per heavy atom. The zero-order valence-electron chi connectivity index (χ0n) is 19.0. The molecule has 160 valence electrons. The van der Waals surface area contributed by atoms with E-state index < -0.39 is 0 Å². The lowest BCUT2D eigenvalue weighted by molar-refractivity contribution is 1.30. The monoisotopic (exact) mass is 433 g/mol. The van der Waals surface area contributed by atoms with Crippen LogP contribution in [0.1, 0.15) is 5.56 Å². The molecule has 7 rings (SSSR count). The molecular formula is C33H23N. The molecule has 0 heterocycles. The Morgan fingerprint density at radius 1 is 0.382 bits per heavy atom. The Labute approximate surface area is 198 Å². The zero-order chi connectivity index (χ0) is 22.6. The van der Waals surface area contributed by atoms with Gasteiger partial charge in [0.25, 0.3) is 0 Å². The molecule has 0 bridgehead atoms. The molecule has 0 amide bonds. The van der Waals surface area contributed by atoms with Gasteiger partial charge >= 0.3 is 0 Å². The molecule has 1 heteroatoms. The van der Waals surface area contributed by atoms with Crippen LogP contribution in [0.15, 0.2) is 121 Å². The molecular weight excluding hydrogens is 410 g/mol. The average molecular weight is 434 g/mol. The lowest BCUT2D eigenvalue weighted by Crippen LogP contribution is -2.10. The number of aryl methyl sites for hydroxylation is 1. The minimum absolute atomic E-state index is 1.15. The van der Waals surface area contributed by atoms with Gasteiger partial charge in [0.15, 0.2) is 0 Å². The lowest BCUT2D eigenvalue weighted by Gasteiger charge is -2.27. The van der Waals surface area contributed by atoms with E-state index in [-0.39, 0.29) is 0 Å². The first kappa shape index (κ1) is 19.1. The van der Waals surface area contributed by atoms with Crippen LogP contribution in [0.25, 0.3) is 43.1 Å². The second-order valence-corrected chi connectivity index (χ2v) is 9.19. The van der Waals surface area contributed by atoms with Gasteiger partial charge in [0.05, 0.1) is 0 Å². The molecule has 0 aliphatic heterocycles. The summed E-state index contributed by atoms with van der Waals surface area (Å²) in [7, 11) is 0. The first-order valence-corrected chi connectivity index (χ1v) is 11.8. The Hall–Kier alpha value is -4.36. The maximum Gasteiger partial charge on any atom is 0.0473 e. The maximum atomic E-state index is 2.37. The van der Waals surface area contributed by atoms with Gasteiger partial charge in [0.2, 0.25) is 0 Å². The fourth-order valence-electron chi connectivity index (χ4n) is 5.45. The first-order valence-electron chi connectivity index (χ1n) is 11.8. The van der Waals surface area contributed by atoms with Gasteiger partial charge in [0, 0.05) is 17.1 Å². The third-order valence-electron chi connectivity index (χ3n) is 6.93. The summed E-state index contributed by atoms with van der Waals surface area (Å²) in [6.07, 6.45) is 0. The number of para-hydroxylation sites is 1. The summed E-state index contributed by atoms with van der Waals surface area (Å²) in [6, 6.07) is 44.3. The summed E-state index contributed by atoms with van der Waals surface area (Å²) >= 11 is 0. The number of rotatable bonds is 3. The van der Waals surface area contributed by atoms with Crippen molar-refractivity contribution >= 4 is 60.2 Å². The third kappa shape index (κ3) is 2.94. The van der Waals surface area contributed by atoms with E-state index >= 15 is 0 Å². The van der Waals surface area contributed by atoms with Crippen molar-refractivity contribution < 1.29 is 0 Å². The molecule has 0 aliphatic carbocycles. The van der Waals surface area contributed by atoms with E-state index in [4.69, 9.17) is 0 Å². The fraction of sp³-hybridized carbons (Fsp3) is 0.0303. The van der Waals surface area contributed by atoms with Gasteiger partial charge in [-0.05, 0) is 92.0 Å². The third-order valence-corrected chi connectivity index (χ3v) is 6.93. The summed E-state index contributed by atoms with van der Waals surface area (Å²) in [5.41, 5.74) is 4.79. The largest absolute Gasteiger partial charge is 0.310 e. The second-order valence-electron chi connectivity index (χ2n) is 9.19. The Balaban J connectivity index is 1.51. The number of benzene rings is 7. The summed E-state index contributed by atoms with van der Waals surface area (Å²) in [5.74, 6) is 0. The van der Waals surface area contributed by atoms with Crippen LogP contribution in [0.5, 0.6) is 0 Å². The standard InChI is InChI=1S/C33H23N/c1-22-17-25-11-13-27-20-31(21-28-14-12-26(18-22)32(25)33(27)28)34(29-9-3-2-4-10-29)30-16-15-23-7-5-6-8-24(23)19-30/h2-21H,1H3. The average Bonchev–Trinajstić information content (AvgIpc) is 2.87. The number of hydrogen-bond donors (Lipinski definition) is 0. The molecule has 0 N–H and O–H groups in total. The van der Waals surface area contributed by atoms with Gasteiger partial charge in [0.1, 0.15) is 0 Å². The van der Waals surface area contributed by atoms with E-state index in [0.717, 1.165) is 11.4 Å². The van der Waals surface area contributed by atoms with E-state index in [1.807, 2.05) is 0 Å². The predicted molar refractivity (Wildman–Crippen MR) is 147 cm³/mol. The van der Waals surface area contributed by atoms with Gasteiger partial charge in [-0.25, -0.2) is 0 Å². The SMILES string of the molecule is Cc1cc2ccc3cc(N(c4ccccc4)c4ccc5ccccc5c4)cc4ccc(c1)c2c34. The molecule has 0 saturated carbocycles. The normalized spacial score (nSPS) is 11.7. The number of nitrogens with zero attached hydrogens (tertiary/aromatic N) is 1. The highest BCUT2D eigenvalue weighted by Crippen LogP contribution is 2.42. The summed E-state index contributed by atoms with van der Waals surface area (Å²) < 4.78 is 0. The smallest absolute Gasteiger partial charge is 0.0473 e. The molecule has 7 aromatic carbocycles. The molecule has 0 aromatic heterocycles. The summed E-state index contributed by atoms with van der Waals surface area (Å²) in [6.45, 7) is 2.17. The van der Waals surface area contributed by atoms with Crippen molar-refractivity contribution in [2.75, 3.05) is 4.90 Å². The molecule has 0 fully saturated rings. The molecule has 0 aliphatic rings. The fourth-order valence-corrected chi connectivity index (χ4v) is 5.45. The molecule has 0 spiro atoms. The van der Waals surface area contributed by atoms with E-state index in [1.54, 1.807) is 0 Å². The Morgan fingerprint density at radius 3 is 1.53 bits per heavy atom. The van der Waals surface area contributed by atoms with Gasteiger partial charge in [-0.3, -0.25) is 0 Å². The van der Waals surface area contributed by atoms with Crippen LogP contribution in [0.2, 0.25) is 0 Å².